The van der Waals surface area contributed by atoms with E-state index in [1.54, 1.807) is 11.7 Å². The third-order valence-corrected chi connectivity index (χ3v) is 4.83. The zero-order valence-corrected chi connectivity index (χ0v) is 14.0. The highest BCUT2D eigenvalue weighted by Crippen LogP contribution is 2.31. The number of halogens is 1. The lowest BCUT2D eigenvalue weighted by Crippen LogP contribution is -2.47. The van der Waals surface area contributed by atoms with E-state index in [1.807, 2.05) is 6.92 Å². The number of aryl methyl sites for hydroxylation is 2. The summed E-state index contributed by atoms with van der Waals surface area (Å²) in [4.78, 5) is 24.0. The normalized spacial score (nSPS) is 17.3. The van der Waals surface area contributed by atoms with Crippen molar-refractivity contribution < 1.29 is 14.7 Å². The van der Waals surface area contributed by atoms with Crippen molar-refractivity contribution >= 4 is 27.8 Å². The van der Waals surface area contributed by atoms with Crippen molar-refractivity contribution in [3.63, 3.8) is 0 Å². The second-order valence-electron chi connectivity index (χ2n) is 5.75. The van der Waals surface area contributed by atoms with Crippen LogP contribution in [0.15, 0.2) is 4.47 Å². The maximum absolute atomic E-state index is 12.3. The molecule has 2 N–H and O–H groups in total. The number of carbonyl (C=O) groups excluding carboxylic acids is 1. The standard InChI is InChI=1S/C14H20BrN3O3/c1-4-9-11(15)10(18(3)17-9)7-14(2,13(20)21)12(19)16-8-5-6-8/h8H,4-7H2,1-3H3,(H,16,19)(H,20,21). The summed E-state index contributed by atoms with van der Waals surface area (Å²) >= 11 is 3.47. The predicted molar refractivity (Wildman–Crippen MR) is 80.9 cm³/mol. The Bertz CT molecular complexity index is 580. The second kappa shape index (κ2) is 5.79. The number of amides is 1. The molecule has 1 atom stereocenters. The van der Waals surface area contributed by atoms with E-state index in [1.165, 1.54) is 6.92 Å². The first-order valence-corrected chi connectivity index (χ1v) is 7.83. The monoisotopic (exact) mass is 357 g/mol. The molecule has 0 saturated heterocycles. The fraction of sp³-hybridized carbons (Fsp3) is 0.643. The topological polar surface area (TPSA) is 84.2 Å². The molecule has 6 nitrogen and oxygen atoms in total. The molecule has 2 rings (SSSR count). The van der Waals surface area contributed by atoms with Crippen molar-refractivity contribution in [2.24, 2.45) is 12.5 Å². The minimum Gasteiger partial charge on any atom is -0.480 e. The van der Waals surface area contributed by atoms with Gasteiger partial charge in [0.15, 0.2) is 0 Å². The van der Waals surface area contributed by atoms with Crippen LogP contribution in [-0.2, 0) is 29.5 Å². The molecule has 1 amide bonds. The number of carbonyl (C=O) groups is 2. The fourth-order valence-corrected chi connectivity index (χ4v) is 2.93. The molecule has 1 aromatic heterocycles. The maximum Gasteiger partial charge on any atom is 0.319 e. The second-order valence-corrected chi connectivity index (χ2v) is 6.54. The summed E-state index contributed by atoms with van der Waals surface area (Å²) in [6.45, 7) is 3.45. The number of aromatic nitrogens is 2. The highest BCUT2D eigenvalue weighted by Gasteiger charge is 2.44. The largest absolute Gasteiger partial charge is 0.480 e. The van der Waals surface area contributed by atoms with Crippen LogP contribution in [0.1, 0.15) is 38.1 Å². The Balaban J connectivity index is 2.29. The van der Waals surface area contributed by atoms with Gasteiger partial charge in [0.05, 0.1) is 15.9 Å². The molecule has 0 spiro atoms. The highest BCUT2D eigenvalue weighted by atomic mass is 79.9. The fourth-order valence-electron chi connectivity index (χ4n) is 2.17. The van der Waals surface area contributed by atoms with Crippen molar-refractivity contribution in [2.75, 3.05) is 0 Å². The zero-order valence-electron chi connectivity index (χ0n) is 12.4. The summed E-state index contributed by atoms with van der Waals surface area (Å²) in [5, 5.41) is 16.7. The molecule has 1 fully saturated rings. The van der Waals surface area contributed by atoms with Gasteiger partial charge in [0, 0.05) is 19.5 Å². The molecule has 0 radical (unpaired) electrons. The number of hydrogen-bond donors (Lipinski definition) is 2. The maximum atomic E-state index is 12.3. The Morgan fingerprint density at radius 3 is 2.57 bits per heavy atom. The lowest BCUT2D eigenvalue weighted by atomic mass is 9.84. The van der Waals surface area contributed by atoms with Crippen molar-refractivity contribution in [1.82, 2.24) is 15.1 Å². The van der Waals surface area contributed by atoms with Gasteiger partial charge in [-0.2, -0.15) is 5.10 Å². The Morgan fingerprint density at radius 2 is 2.14 bits per heavy atom. The molecule has 0 aliphatic heterocycles. The van der Waals surface area contributed by atoms with Crippen LogP contribution >= 0.6 is 15.9 Å². The minimum atomic E-state index is -1.50. The first-order valence-electron chi connectivity index (χ1n) is 7.04. The zero-order chi connectivity index (χ0) is 15.8. The van der Waals surface area contributed by atoms with Gasteiger partial charge in [-0.25, -0.2) is 0 Å². The van der Waals surface area contributed by atoms with Crippen LogP contribution in [-0.4, -0.2) is 32.8 Å². The van der Waals surface area contributed by atoms with E-state index >= 15 is 0 Å². The van der Waals surface area contributed by atoms with E-state index in [-0.39, 0.29) is 12.5 Å². The third kappa shape index (κ3) is 3.12. The van der Waals surface area contributed by atoms with Crippen LogP contribution in [0, 0.1) is 5.41 Å². The molecule has 1 unspecified atom stereocenters. The predicted octanol–water partition coefficient (Wildman–Crippen LogP) is 1.66. The Labute approximate surface area is 132 Å². The number of nitrogens with one attached hydrogen (secondary N) is 1. The van der Waals surface area contributed by atoms with Crippen LogP contribution in [0.5, 0.6) is 0 Å². The average molecular weight is 358 g/mol. The molecular weight excluding hydrogens is 338 g/mol. The Morgan fingerprint density at radius 1 is 1.52 bits per heavy atom. The van der Waals surface area contributed by atoms with Crippen molar-refractivity contribution in [3.8, 4) is 0 Å². The summed E-state index contributed by atoms with van der Waals surface area (Å²) in [7, 11) is 1.76. The summed E-state index contributed by atoms with van der Waals surface area (Å²) < 4.78 is 2.44. The van der Waals surface area contributed by atoms with Gasteiger partial charge in [0.25, 0.3) is 0 Å². The van der Waals surface area contributed by atoms with Gasteiger partial charge in [0.2, 0.25) is 5.91 Å². The van der Waals surface area contributed by atoms with Gasteiger partial charge in [-0.1, -0.05) is 6.92 Å². The van der Waals surface area contributed by atoms with E-state index in [0.717, 1.165) is 35.1 Å². The Kier molecular flexibility index (Phi) is 4.41. The molecule has 1 aromatic rings. The third-order valence-electron chi connectivity index (χ3n) is 3.91. The molecular formula is C14H20BrN3O3. The Hall–Kier alpha value is -1.37. The van der Waals surface area contributed by atoms with Gasteiger partial charge >= 0.3 is 5.97 Å². The highest BCUT2D eigenvalue weighted by molar-refractivity contribution is 9.10. The first-order chi connectivity index (χ1) is 9.79. The molecule has 7 heteroatoms. The number of aliphatic carboxylic acids is 1. The number of hydrogen-bond acceptors (Lipinski definition) is 3. The minimum absolute atomic E-state index is 0.102. The van der Waals surface area contributed by atoms with Gasteiger partial charge in [0.1, 0.15) is 5.41 Å². The molecule has 21 heavy (non-hydrogen) atoms. The number of carboxylic acid groups (broad SMARTS) is 1. The van der Waals surface area contributed by atoms with Gasteiger partial charge in [-0.3, -0.25) is 14.3 Å². The molecule has 1 heterocycles. The summed E-state index contributed by atoms with van der Waals surface area (Å²) in [5.41, 5.74) is 0.0923. The van der Waals surface area contributed by atoms with Gasteiger partial charge in [-0.15, -0.1) is 0 Å². The van der Waals surface area contributed by atoms with E-state index in [9.17, 15) is 14.7 Å². The molecule has 1 aliphatic rings. The van der Waals surface area contributed by atoms with Crippen molar-refractivity contribution in [2.45, 2.75) is 45.6 Å². The van der Waals surface area contributed by atoms with E-state index in [2.05, 4.69) is 26.3 Å². The SMILES string of the molecule is CCc1nn(C)c(CC(C)(C(=O)O)C(=O)NC2CC2)c1Br. The summed E-state index contributed by atoms with van der Waals surface area (Å²) in [5.74, 6) is -1.55. The van der Waals surface area contributed by atoms with Crippen LogP contribution in [0.3, 0.4) is 0 Å². The van der Waals surface area contributed by atoms with Gasteiger partial charge in [-0.05, 0) is 42.1 Å². The average Bonchev–Trinajstić information content (AvgIpc) is 3.19. The van der Waals surface area contributed by atoms with Crippen molar-refractivity contribution in [1.29, 1.82) is 0 Å². The van der Waals surface area contributed by atoms with Crippen LogP contribution in [0.4, 0.5) is 0 Å². The van der Waals surface area contributed by atoms with Crippen LogP contribution in [0.2, 0.25) is 0 Å². The molecule has 116 valence electrons. The molecule has 0 bridgehead atoms. The molecule has 0 aromatic carbocycles. The lowest BCUT2D eigenvalue weighted by molar-refractivity contribution is -0.154. The number of nitrogens with zero attached hydrogens (tertiary/aromatic N) is 2. The lowest BCUT2D eigenvalue weighted by Gasteiger charge is -2.24. The van der Waals surface area contributed by atoms with E-state index in [0.29, 0.717) is 0 Å². The number of carboxylic acids is 1. The van der Waals surface area contributed by atoms with Crippen LogP contribution in [0.25, 0.3) is 0 Å². The van der Waals surface area contributed by atoms with E-state index < -0.39 is 17.3 Å². The molecule has 1 saturated carbocycles. The van der Waals surface area contributed by atoms with Crippen LogP contribution < -0.4 is 5.32 Å². The molecule has 1 aliphatic carbocycles. The summed E-state index contributed by atoms with van der Waals surface area (Å²) in [6.07, 6.45) is 2.70. The van der Waals surface area contributed by atoms with Gasteiger partial charge < -0.3 is 10.4 Å². The van der Waals surface area contributed by atoms with E-state index in [4.69, 9.17) is 0 Å². The van der Waals surface area contributed by atoms with Crippen molar-refractivity contribution in [3.05, 3.63) is 15.9 Å². The quantitative estimate of drug-likeness (QED) is 0.758. The first kappa shape index (κ1) is 16.0. The summed E-state index contributed by atoms with van der Waals surface area (Å²) in [6, 6.07) is 0.136. The number of rotatable bonds is 6. The smallest absolute Gasteiger partial charge is 0.319 e.